The molecule has 0 radical (unpaired) electrons. The van der Waals surface area contributed by atoms with Crippen molar-refractivity contribution in [2.45, 2.75) is 18.6 Å². The first-order chi connectivity index (χ1) is 8.59. The Morgan fingerprint density at radius 2 is 2.11 bits per heavy atom. The molecule has 5 heteroatoms. The van der Waals surface area contributed by atoms with E-state index in [0.717, 1.165) is 10.8 Å². The summed E-state index contributed by atoms with van der Waals surface area (Å²) in [5.41, 5.74) is 5.56. The molecule has 2 atom stereocenters. The number of hydrogen-bond donors (Lipinski definition) is 3. The molecule has 0 fully saturated rings. The van der Waals surface area contributed by atoms with Gasteiger partial charge in [0, 0.05) is 17.8 Å². The Balaban J connectivity index is 2.38. The molecule has 0 aliphatic heterocycles. The predicted octanol–water partition coefficient (Wildman–Crippen LogP) is 0.504. The SMILES string of the molecule is NC(=O)CC(O)C(O)c1cccc2cnccc12. The number of hydrogen-bond acceptors (Lipinski definition) is 4. The summed E-state index contributed by atoms with van der Waals surface area (Å²) >= 11 is 0. The summed E-state index contributed by atoms with van der Waals surface area (Å²) in [7, 11) is 0. The van der Waals surface area contributed by atoms with Gasteiger partial charge in [0.05, 0.1) is 12.5 Å². The van der Waals surface area contributed by atoms with Crippen molar-refractivity contribution in [3.8, 4) is 0 Å². The van der Waals surface area contributed by atoms with Crippen molar-refractivity contribution in [1.29, 1.82) is 0 Å². The Morgan fingerprint density at radius 3 is 2.83 bits per heavy atom. The summed E-state index contributed by atoms with van der Waals surface area (Å²) < 4.78 is 0. The highest BCUT2D eigenvalue weighted by Crippen LogP contribution is 2.26. The fraction of sp³-hybridized carbons (Fsp3) is 0.231. The molecule has 0 aliphatic rings. The monoisotopic (exact) mass is 246 g/mol. The zero-order chi connectivity index (χ0) is 13.1. The van der Waals surface area contributed by atoms with Gasteiger partial charge < -0.3 is 15.9 Å². The Bertz CT molecular complexity index is 566. The van der Waals surface area contributed by atoms with Crippen molar-refractivity contribution >= 4 is 16.7 Å². The molecule has 0 saturated heterocycles. The van der Waals surface area contributed by atoms with E-state index in [-0.39, 0.29) is 6.42 Å². The van der Waals surface area contributed by atoms with Crippen molar-refractivity contribution < 1.29 is 15.0 Å². The number of aliphatic hydroxyl groups is 2. The topological polar surface area (TPSA) is 96.4 Å². The molecule has 1 aromatic carbocycles. The zero-order valence-corrected chi connectivity index (χ0v) is 9.65. The highest BCUT2D eigenvalue weighted by atomic mass is 16.3. The van der Waals surface area contributed by atoms with Crippen molar-refractivity contribution in [3.05, 3.63) is 42.2 Å². The second-order valence-corrected chi connectivity index (χ2v) is 4.13. The van der Waals surface area contributed by atoms with Gasteiger partial charge >= 0.3 is 0 Å². The largest absolute Gasteiger partial charge is 0.390 e. The lowest BCUT2D eigenvalue weighted by molar-refractivity contribution is -0.121. The zero-order valence-electron chi connectivity index (χ0n) is 9.65. The third-order valence-corrected chi connectivity index (χ3v) is 2.81. The summed E-state index contributed by atoms with van der Waals surface area (Å²) in [5, 5.41) is 21.4. The van der Waals surface area contributed by atoms with E-state index in [1.807, 2.05) is 6.07 Å². The van der Waals surface area contributed by atoms with Gasteiger partial charge in [-0.15, -0.1) is 0 Å². The standard InChI is InChI=1S/C13H14N2O3/c14-12(17)6-11(16)13(18)10-3-1-2-8-7-15-5-4-9(8)10/h1-5,7,11,13,16,18H,6H2,(H2,14,17). The number of carbonyl (C=O) groups is 1. The molecular weight excluding hydrogens is 232 g/mol. The average molecular weight is 246 g/mol. The Labute approximate surface area is 104 Å². The van der Waals surface area contributed by atoms with E-state index in [4.69, 9.17) is 5.73 Å². The lowest BCUT2D eigenvalue weighted by Gasteiger charge is -2.18. The maximum atomic E-state index is 10.8. The van der Waals surface area contributed by atoms with Crippen LogP contribution in [0.25, 0.3) is 10.8 Å². The van der Waals surface area contributed by atoms with E-state index in [9.17, 15) is 15.0 Å². The maximum Gasteiger partial charge on any atom is 0.220 e. The van der Waals surface area contributed by atoms with Crippen molar-refractivity contribution in [2.75, 3.05) is 0 Å². The number of aliphatic hydroxyl groups excluding tert-OH is 2. The van der Waals surface area contributed by atoms with Crippen LogP contribution in [0.5, 0.6) is 0 Å². The van der Waals surface area contributed by atoms with Crippen LogP contribution in [0.1, 0.15) is 18.1 Å². The smallest absolute Gasteiger partial charge is 0.220 e. The molecule has 1 heterocycles. The van der Waals surface area contributed by atoms with Gasteiger partial charge in [-0.3, -0.25) is 9.78 Å². The van der Waals surface area contributed by atoms with E-state index < -0.39 is 18.1 Å². The second kappa shape index (κ2) is 5.12. The Kier molecular flexibility index (Phi) is 3.55. The molecule has 2 unspecified atom stereocenters. The Morgan fingerprint density at radius 1 is 1.33 bits per heavy atom. The second-order valence-electron chi connectivity index (χ2n) is 4.13. The number of primary amides is 1. The first kappa shape index (κ1) is 12.5. The summed E-state index contributed by atoms with van der Waals surface area (Å²) in [5.74, 6) is -0.650. The molecular formula is C13H14N2O3. The van der Waals surface area contributed by atoms with Crippen molar-refractivity contribution in [1.82, 2.24) is 4.98 Å². The maximum absolute atomic E-state index is 10.8. The number of nitrogens with two attached hydrogens (primary N) is 1. The van der Waals surface area contributed by atoms with E-state index in [2.05, 4.69) is 4.98 Å². The van der Waals surface area contributed by atoms with Crippen LogP contribution >= 0.6 is 0 Å². The molecule has 0 aliphatic carbocycles. The lowest BCUT2D eigenvalue weighted by atomic mass is 9.97. The summed E-state index contributed by atoms with van der Waals surface area (Å²) in [6.07, 6.45) is 0.651. The van der Waals surface area contributed by atoms with Gasteiger partial charge in [0.25, 0.3) is 0 Å². The molecule has 4 N–H and O–H groups in total. The van der Waals surface area contributed by atoms with Gasteiger partial charge in [-0.1, -0.05) is 18.2 Å². The van der Waals surface area contributed by atoms with Gasteiger partial charge in [0.15, 0.2) is 0 Å². The molecule has 0 bridgehead atoms. The molecule has 2 aromatic rings. The molecule has 1 aromatic heterocycles. The molecule has 0 spiro atoms. The van der Waals surface area contributed by atoms with Gasteiger partial charge in [-0.25, -0.2) is 0 Å². The van der Waals surface area contributed by atoms with Gasteiger partial charge in [-0.2, -0.15) is 0 Å². The van der Waals surface area contributed by atoms with E-state index >= 15 is 0 Å². The van der Waals surface area contributed by atoms with Gasteiger partial charge in [0.1, 0.15) is 6.10 Å². The number of fused-ring (bicyclic) bond motifs is 1. The molecule has 5 nitrogen and oxygen atoms in total. The molecule has 1 amide bonds. The minimum absolute atomic E-state index is 0.275. The first-order valence-electron chi connectivity index (χ1n) is 5.56. The van der Waals surface area contributed by atoms with Crippen LogP contribution in [-0.2, 0) is 4.79 Å². The fourth-order valence-electron chi connectivity index (χ4n) is 1.93. The van der Waals surface area contributed by atoms with E-state index in [1.165, 1.54) is 0 Å². The van der Waals surface area contributed by atoms with Gasteiger partial charge in [-0.05, 0) is 17.0 Å². The highest BCUT2D eigenvalue weighted by molar-refractivity contribution is 5.85. The van der Waals surface area contributed by atoms with Crippen LogP contribution in [0.4, 0.5) is 0 Å². The number of aromatic nitrogens is 1. The summed E-state index contributed by atoms with van der Waals surface area (Å²) in [4.78, 5) is 14.7. The summed E-state index contributed by atoms with van der Waals surface area (Å²) in [6.45, 7) is 0. The number of nitrogens with zero attached hydrogens (tertiary/aromatic N) is 1. The number of amides is 1. The normalized spacial score (nSPS) is 14.3. The van der Waals surface area contributed by atoms with Crippen LogP contribution in [0.3, 0.4) is 0 Å². The average Bonchev–Trinajstić information content (AvgIpc) is 2.36. The predicted molar refractivity (Wildman–Crippen MR) is 66.5 cm³/mol. The Hall–Kier alpha value is -1.98. The summed E-state index contributed by atoms with van der Waals surface area (Å²) in [6, 6.07) is 7.08. The minimum atomic E-state index is -1.21. The molecule has 18 heavy (non-hydrogen) atoms. The third-order valence-electron chi connectivity index (χ3n) is 2.81. The number of carbonyl (C=O) groups excluding carboxylic acids is 1. The lowest BCUT2D eigenvalue weighted by Crippen LogP contribution is -2.25. The number of pyridine rings is 1. The number of rotatable bonds is 4. The highest BCUT2D eigenvalue weighted by Gasteiger charge is 2.21. The molecule has 0 saturated carbocycles. The minimum Gasteiger partial charge on any atom is -0.390 e. The first-order valence-corrected chi connectivity index (χ1v) is 5.56. The van der Waals surface area contributed by atoms with Crippen LogP contribution < -0.4 is 5.73 Å². The fourth-order valence-corrected chi connectivity index (χ4v) is 1.93. The van der Waals surface area contributed by atoms with Crippen LogP contribution in [0, 0.1) is 0 Å². The molecule has 94 valence electrons. The van der Waals surface area contributed by atoms with E-state index in [0.29, 0.717) is 5.56 Å². The molecule has 2 rings (SSSR count). The van der Waals surface area contributed by atoms with Gasteiger partial charge in [0.2, 0.25) is 5.91 Å². The van der Waals surface area contributed by atoms with Crippen molar-refractivity contribution in [2.24, 2.45) is 5.73 Å². The van der Waals surface area contributed by atoms with Crippen LogP contribution in [-0.4, -0.2) is 27.2 Å². The van der Waals surface area contributed by atoms with Crippen LogP contribution in [0.15, 0.2) is 36.7 Å². The quantitative estimate of drug-likeness (QED) is 0.732. The van der Waals surface area contributed by atoms with E-state index in [1.54, 1.807) is 30.6 Å². The third kappa shape index (κ3) is 2.47. The van der Waals surface area contributed by atoms with Crippen LogP contribution in [0.2, 0.25) is 0 Å². The van der Waals surface area contributed by atoms with Crippen molar-refractivity contribution in [3.63, 3.8) is 0 Å². The number of benzene rings is 1.